The molecule has 0 radical (unpaired) electrons. The van der Waals surface area contributed by atoms with Crippen molar-refractivity contribution in [3.8, 4) is 0 Å². The van der Waals surface area contributed by atoms with Crippen molar-refractivity contribution in [3.63, 3.8) is 0 Å². The van der Waals surface area contributed by atoms with Crippen LogP contribution < -0.4 is 0 Å². The third-order valence-electron chi connectivity index (χ3n) is 1.76. The van der Waals surface area contributed by atoms with E-state index < -0.39 is 11.8 Å². The third-order valence-corrected chi connectivity index (χ3v) is 1.76. The zero-order chi connectivity index (χ0) is 11.3. The van der Waals surface area contributed by atoms with E-state index in [1.807, 2.05) is 0 Å². The van der Waals surface area contributed by atoms with E-state index in [2.05, 4.69) is 4.74 Å². The number of aldehydes is 1. The minimum Gasteiger partial charge on any atom is -0.466 e. The lowest BCUT2D eigenvalue weighted by Gasteiger charge is -1.96. The molecule has 4 heteroatoms. The van der Waals surface area contributed by atoms with Gasteiger partial charge in [-0.15, -0.1) is 0 Å². The van der Waals surface area contributed by atoms with Crippen LogP contribution in [0.15, 0.2) is 24.3 Å². The molecule has 0 unspecified atom stereocenters. The van der Waals surface area contributed by atoms with Gasteiger partial charge in [0, 0.05) is 6.08 Å². The fourth-order valence-electron chi connectivity index (χ4n) is 0.989. The summed E-state index contributed by atoms with van der Waals surface area (Å²) in [6, 6.07) is 3.98. The molecular formula is C11H9FO3. The summed E-state index contributed by atoms with van der Waals surface area (Å²) in [7, 11) is 1.26. The Balaban J connectivity index is 2.92. The molecule has 15 heavy (non-hydrogen) atoms. The average Bonchev–Trinajstić information content (AvgIpc) is 2.27. The molecule has 0 aliphatic heterocycles. The number of ether oxygens (including phenoxy) is 1. The van der Waals surface area contributed by atoms with E-state index in [0.717, 1.165) is 0 Å². The number of carbonyl (C=O) groups is 2. The van der Waals surface area contributed by atoms with Crippen LogP contribution in [0, 0.1) is 5.82 Å². The molecule has 0 saturated carbocycles. The van der Waals surface area contributed by atoms with Gasteiger partial charge in [-0.1, -0.05) is 6.07 Å². The number of benzene rings is 1. The highest BCUT2D eigenvalue weighted by Crippen LogP contribution is 2.09. The fourth-order valence-corrected chi connectivity index (χ4v) is 0.989. The molecule has 1 aromatic rings. The number of carbonyl (C=O) groups excluding carboxylic acids is 2. The predicted molar refractivity (Wildman–Crippen MR) is 52.8 cm³/mol. The van der Waals surface area contributed by atoms with Crippen molar-refractivity contribution in [2.45, 2.75) is 0 Å². The summed E-state index contributed by atoms with van der Waals surface area (Å²) in [5, 5.41) is 0. The quantitative estimate of drug-likeness (QED) is 0.432. The predicted octanol–water partition coefficient (Wildman–Crippen LogP) is 1.82. The second-order valence-corrected chi connectivity index (χ2v) is 2.76. The minimum atomic E-state index is -0.583. The minimum absolute atomic E-state index is 0.0398. The molecule has 0 aromatic heterocycles. The largest absolute Gasteiger partial charge is 0.466 e. The van der Waals surface area contributed by atoms with Crippen molar-refractivity contribution >= 4 is 18.3 Å². The number of methoxy groups -OCH3 is 1. The highest BCUT2D eigenvalue weighted by molar-refractivity contribution is 5.87. The van der Waals surface area contributed by atoms with Crippen LogP contribution in [0.5, 0.6) is 0 Å². The van der Waals surface area contributed by atoms with Crippen molar-refractivity contribution in [1.29, 1.82) is 0 Å². The van der Waals surface area contributed by atoms with Crippen LogP contribution in [-0.2, 0) is 9.53 Å². The summed E-state index contributed by atoms with van der Waals surface area (Å²) in [6.45, 7) is 0. The molecular weight excluding hydrogens is 199 g/mol. The second kappa shape index (κ2) is 5.05. The van der Waals surface area contributed by atoms with Crippen molar-refractivity contribution < 1.29 is 18.7 Å². The van der Waals surface area contributed by atoms with Gasteiger partial charge >= 0.3 is 5.97 Å². The Morgan fingerprint density at radius 2 is 2.20 bits per heavy atom. The monoisotopic (exact) mass is 208 g/mol. The Hall–Kier alpha value is -1.97. The Morgan fingerprint density at radius 3 is 2.80 bits per heavy atom. The third kappa shape index (κ3) is 3.02. The molecule has 0 atom stereocenters. The Morgan fingerprint density at radius 1 is 1.47 bits per heavy atom. The van der Waals surface area contributed by atoms with Crippen LogP contribution in [-0.4, -0.2) is 19.4 Å². The lowest BCUT2D eigenvalue weighted by Crippen LogP contribution is -1.93. The van der Waals surface area contributed by atoms with Crippen LogP contribution in [0.1, 0.15) is 15.9 Å². The van der Waals surface area contributed by atoms with Gasteiger partial charge < -0.3 is 4.74 Å². The van der Waals surface area contributed by atoms with Gasteiger partial charge in [-0.05, 0) is 23.8 Å². The standard InChI is InChI=1S/C11H9FO3/c1-15-11(14)5-3-8-2-4-10(12)9(6-8)7-13/h2-7H,1H3/b5-3+. The van der Waals surface area contributed by atoms with Crippen LogP contribution >= 0.6 is 0 Å². The molecule has 0 spiro atoms. The maximum atomic E-state index is 12.9. The first-order valence-corrected chi connectivity index (χ1v) is 4.18. The lowest BCUT2D eigenvalue weighted by atomic mass is 10.1. The molecule has 0 bridgehead atoms. The zero-order valence-corrected chi connectivity index (χ0v) is 8.07. The van der Waals surface area contributed by atoms with Gasteiger partial charge in [0.05, 0.1) is 12.7 Å². The van der Waals surface area contributed by atoms with Gasteiger partial charge in [-0.2, -0.15) is 0 Å². The molecule has 78 valence electrons. The first-order chi connectivity index (χ1) is 7.17. The summed E-state index contributed by atoms with van der Waals surface area (Å²) >= 11 is 0. The molecule has 0 amide bonds. The molecule has 1 rings (SSSR count). The summed E-state index contributed by atoms with van der Waals surface area (Å²) in [6.07, 6.45) is 3.06. The molecule has 0 aliphatic rings. The molecule has 0 fully saturated rings. The van der Waals surface area contributed by atoms with Gasteiger partial charge in [-0.25, -0.2) is 9.18 Å². The molecule has 3 nitrogen and oxygen atoms in total. The van der Waals surface area contributed by atoms with Crippen LogP contribution in [0.3, 0.4) is 0 Å². The molecule has 0 saturated heterocycles. The zero-order valence-electron chi connectivity index (χ0n) is 8.07. The van der Waals surface area contributed by atoms with Gasteiger partial charge in [-0.3, -0.25) is 4.79 Å². The molecule has 0 aliphatic carbocycles. The average molecular weight is 208 g/mol. The van der Waals surface area contributed by atoms with E-state index in [-0.39, 0.29) is 5.56 Å². The van der Waals surface area contributed by atoms with E-state index in [4.69, 9.17) is 0 Å². The summed E-state index contributed by atoms with van der Waals surface area (Å²) in [5.41, 5.74) is 0.519. The Labute approximate surface area is 86.2 Å². The fraction of sp³-hybridized carbons (Fsp3) is 0.0909. The highest BCUT2D eigenvalue weighted by Gasteiger charge is 2.00. The van der Waals surface area contributed by atoms with Crippen molar-refractivity contribution in [2.75, 3.05) is 7.11 Å². The SMILES string of the molecule is COC(=O)/C=C/c1ccc(F)c(C=O)c1. The Bertz CT molecular complexity index is 410. The first-order valence-electron chi connectivity index (χ1n) is 4.18. The topological polar surface area (TPSA) is 43.4 Å². The maximum absolute atomic E-state index is 12.9. The number of halogens is 1. The number of esters is 1. The normalized spacial score (nSPS) is 10.3. The smallest absolute Gasteiger partial charge is 0.330 e. The Kier molecular flexibility index (Phi) is 3.74. The van der Waals surface area contributed by atoms with Gasteiger partial charge in [0.15, 0.2) is 6.29 Å². The van der Waals surface area contributed by atoms with E-state index in [1.165, 1.54) is 37.5 Å². The lowest BCUT2D eigenvalue weighted by molar-refractivity contribution is -0.134. The second-order valence-electron chi connectivity index (χ2n) is 2.76. The van der Waals surface area contributed by atoms with Crippen LogP contribution in [0.2, 0.25) is 0 Å². The van der Waals surface area contributed by atoms with E-state index in [1.54, 1.807) is 0 Å². The van der Waals surface area contributed by atoms with Gasteiger partial charge in [0.2, 0.25) is 0 Å². The number of hydrogen-bond acceptors (Lipinski definition) is 3. The first kappa shape index (κ1) is 11.1. The van der Waals surface area contributed by atoms with Crippen molar-refractivity contribution in [2.24, 2.45) is 0 Å². The molecule has 0 N–H and O–H groups in total. The van der Waals surface area contributed by atoms with E-state index >= 15 is 0 Å². The number of hydrogen-bond donors (Lipinski definition) is 0. The van der Waals surface area contributed by atoms with Crippen LogP contribution in [0.4, 0.5) is 4.39 Å². The summed E-state index contributed by atoms with van der Waals surface area (Å²) in [5.74, 6) is -1.09. The van der Waals surface area contributed by atoms with E-state index in [0.29, 0.717) is 11.8 Å². The number of rotatable bonds is 3. The van der Waals surface area contributed by atoms with E-state index in [9.17, 15) is 14.0 Å². The molecule has 0 heterocycles. The van der Waals surface area contributed by atoms with Crippen molar-refractivity contribution in [3.05, 3.63) is 41.2 Å². The maximum Gasteiger partial charge on any atom is 0.330 e. The molecule has 1 aromatic carbocycles. The summed E-state index contributed by atoms with van der Waals surface area (Å²) in [4.78, 5) is 21.2. The van der Waals surface area contributed by atoms with Crippen LogP contribution in [0.25, 0.3) is 6.08 Å². The van der Waals surface area contributed by atoms with Crippen molar-refractivity contribution in [1.82, 2.24) is 0 Å². The van der Waals surface area contributed by atoms with Gasteiger partial charge in [0.1, 0.15) is 5.82 Å². The summed E-state index contributed by atoms with van der Waals surface area (Å²) < 4.78 is 17.3. The highest BCUT2D eigenvalue weighted by atomic mass is 19.1. The van der Waals surface area contributed by atoms with Gasteiger partial charge in [0.25, 0.3) is 0 Å².